The molecule has 0 aliphatic rings. The van der Waals surface area contributed by atoms with Crippen LogP contribution in [0.2, 0.25) is 0 Å². The van der Waals surface area contributed by atoms with Gasteiger partial charge in [0.15, 0.2) is 0 Å². The van der Waals surface area contributed by atoms with Crippen molar-refractivity contribution in [3.8, 4) is 11.3 Å². The molecule has 1 aromatic carbocycles. The SMILES string of the molecule is CCN(CC)C(CNC(=O)Cc1ccc(-c2csc(C)n2)cc1)c1ccco1. The van der Waals surface area contributed by atoms with Gasteiger partial charge in [0, 0.05) is 17.5 Å². The van der Waals surface area contributed by atoms with Crippen LogP contribution in [0.4, 0.5) is 0 Å². The number of carbonyl (C=O) groups is 1. The summed E-state index contributed by atoms with van der Waals surface area (Å²) in [6.45, 7) is 8.56. The third-order valence-corrected chi connectivity index (χ3v) is 5.62. The molecule has 0 aliphatic carbocycles. The van der Waals surface area contributed by atoms with E-state index in [1.807, 2.05) is 43.3 Å². The molecule has 2 heterocycles. The Kier molecular flexibility index (Phi) is 7.01. The Bertz CT molecular complexity index is 868. The molecule has 1 amide bonds. The maximum Gasteiger partial charge on any atom is 0.224 e. The van der Waals surface area contributed by atoms with E-state index < -0.39 is 0 Å². The van der Waals surface area contributed by atoms with Gasteiger partial charge in [-0.05, 0) is 37.7 Å². The number of hydrogen-bond acceptors (Lipinski definition) is 5. The second kappa shape index (κ2) is 9.66. The van der Waals surface area contributed by atoms with Gasteiger partial charge in [0.05, 0.1) is 29.4 Å². The first-order valence-electron chi connectivity index (χ1n) is 9.66. The Morgan fingerprint density at radius 1 is 1.21 bits per heavy atom. The number of thiazole rings is 1. The maximum absolute atomic E-state index is 12.5. The monoisotopic (exact) mass is 397 g/mol. The zero-order valence-electron chi connectivity index (χ0n) is 16.6. The standard InChI is InChI=1S/C22H27N3O2S/c1-4-25(5-2)20(21-7-6-12-27-21)14-23-22(26)13-17-8-10-18(11-9-17)19-15-28-16(3)24-19/h6-12,15,20H,4-5,13-14H2,1-3H3,(H,23,26). The summed E-state index contributed by atoms with van der Waals surface area (Å²) in [4.78, 5) is 19.3. The van der Waals surface area contributed by atoms with Crippen molar-refractivity contribution in [3.63, 3.8) is 0 Å². The van der Waals surface area contributed by atoms with E-state index in [0.29, 0.717) is 13.0 Å². The molecule has 5 nitrogen and oxygen atoms in total. The number of benzene rings is 1. The normalized spacial score (nSPS) is 12.3. The molecule has 148 valence electrons. The summed E-state index contributed by atoms with van der Waals surface area (Å²) in [5, 5.41) is 6.18. The number of rotatable bonds is 9. The van der Waals surface area contributed by atoms with E-state index >= 15 is 0 Å². The van der Waals surface area contributed by atoms with Gasteiger partial charge < -0.3 is 9.73 Å². The summed E-state index contributed by atoms with van der Waals surface area (Å²) < 4.78 is 5.59. The van der Waals surface area contributed by atoms with E-state index in [-0.39, 0.29) is 11.9 Å². The zero-order valence-corrected chi connectivity index (χ0v) is 17.5. The Morgan fingerprint density at radius 3 is 2.54 bits per heavy atom. The fourth-order valence-corrected chi connectivity index (χ4v) is 3.92. The number of amides is 1. The lowest BCUT2D eigenvalue weighted by Crippen LogP contribution is -2.38. The summed E-state index contributed by atoms with van der Waals surface area (Å²) in [6.07, 6.45) is 2.04. The van der Waals surface area contributed by atoms with E-state index in [4.69, 9.17) is 4.42 Å². The minimum atomic E-state index is 0.0148. The number of likely N-dealkylation sites (N-methyl/N-ethyl adjacent to an activating group) is 1. The van der Waals surface area contributed by atoms with Crippen LogP contribution in [0.3, 0.4) is 0 Å². The van der Waals surface area contributed by atoms with Crippen molar-refractivity contribution in [2.24, 2.45) is 0 Å². The van der Waals surface area contributed by atoms with E-state index in [1.54, 1.807) is 17.6 Å². The number of carbonyl (C=O) groups excluding carboxylic acids is 1. The lowest BCUT2D eigenvalue weighted by atomic mass is 10.1. The summed E-state index contributed by atoms with van der Waals surface area (Å²) in [5.74, 6) is 0.896. The second-order valence-corrected chi connectivity index (χ2v) is 7.74. The van der Waals surface area contributed by atoms with Crippen LogP contribution in [0.25, 0.3) is 11.3 Å². The van der Waals surface area contributed by atoms with Crippen molar-refractivity contribution >= 4 is 17.2 Å². The zero-order chi connectivity index (χ0) is 19.9. The third-order valence-electron chi connectivity index (χ3n) is 4.85. The smallest absolute Gasteiger partial charge is 0.224 e. The van der Waals surface area contributed by atoms with Gasteiger partial charge in [-0.25, -0.2) is 4.98 Å². The fraction of sp³-hybridized carbons (Fsp3) is 0.364. The highest BCUT2D eigenvalue weighted by molar-refractivity contribution is 7.09. The van der Waals surface area contributed by atoms with Crippen LogP contribution in [-0.4, -0.2) is 35.4 Å². The topological polar surface area (TPSA) is 58.4 Å². The average molecular weight is 398 g/mol. The molecular weight excluding hydrogens is 370 g/mol. The molecule has 0 bridgehead atoms. The molecule has 0 saturated carbocycles. The summed E-state index contributed by atoms with van der Waals surface area (Å²) in [5.41, 5.74) is 3.05. The Morgan fingerprint density at radius 2 is 1.96 bits per heavy atom. The van der Waals surface area contributed by atoms with E-state index in [9.17, 15) is 4.79 Å². The highest BCUT2D eigenvalue weighted by Crippen LogP contribution is 2.22. The average Bonchev–Trinajstić information content (AvgIpc) is 3.38. The first-order valence-corrected chi connectivity index (χ1v) is 10.5. The summed E-state index contributed by atoms with van der Waals surface area (Å²) in [6, 6.07) is 11.9. The van der Waals surface area contributed by atoms with Crippen molar-refractivity contribution < 1.29 is 9.21 Å². The molecular formula is C22H27N3O2S. The molecule has 0 radical (unpaired) electrons. The molecule has 0 aliphatic heterocycles. The molecule has 0 fully saturated rings. The number of hydrogen-bond donors (Lipinski definition) is 1. The molecule has 0 saturated heterocycles. The number of furan rings is 1. The quantitative estimate of drug-likeness (QED) is 0.579. The van der Waals surface area contributed by atoms with Gasteiger partial charge in [0.25, 0.3) is 0 Å². The minimum absolute atomic E-state index is 0.0148. The highest BCUT2D eigenvalue weighted by atomic mass is 32.1. The van der Waals surface area contributed by atoms with Crippen molar-refractivity contribution in [1.29, 1.82) is 0 Å². The number of aryl methyl sites for hydroxylation is 1. The lowest BCUT2D eigenvalue weighted by molar-refractivity contribution is -0.120. The molecule has 1 unspecified atom stereocenters. The van der Waals surface area contributed by atoms with Crippen LogP contribution < -0.4 is 5.32 Å². The van der Waals surface area contributed by atoms with Crippen LogP contribution in [0.5, 0.6) is 0 Å². The third kappa shape index (κ3) is 5.09. The van der Waals surface area contributed by atoms with Gasteiger partial charge in [-0.15, -0.1) is 11.3 Å². The molecule has 28 heavy (non-hydrogen) atoms. The Balaban J connectivity index is 1.58. The molecule has 2 aromatic heterocycles. The molecule has 1 atom stereocenters. The van der Waals surface area contributed by atoms with Crippen molar-refractivity contribution in [2.45, 2.75) is 33.2 Å². The second-order valence-electron chi connectivity index (χ2n) is 6.68. The molecule has 1 N–H and O–H groups in total. The Hall–Kier alpha value is -2.44. The predicted molar refractivity (Wildman–Crippen MR) is 113 cm³/mol. The van der Waals surface area contributed by atoms with Gasteiger partial charge in [0.1, 0.15) is 5.76 Å². The number of nitrogens with one attached hydrogen (secondary N) is 1. The van der Waals surface area contributed by atoms with Gasteiger partial charge in [0.2, 0.25) is 5.91 Å². The van der Waals surface area contributed by atoms with E-state index in [2.05, 4.69) is 34.4 Å². The maximum atomic E-state index is 12.5. The summed E-state index contributed by atoms with van der Waals surface area (Å²) in [7, 11) is 0. The van der Waals surface area contributed by atoms with Crippen LogP contribution in [0, 0.1) is 6.92 Å². The summed E-state index contributed by atoms with van der Waals surface area (Å²) >= 11 is 1.64. The van der Waals surface area contributed by atoms with Crippen LogP contribution in [0.15, 0.2) is 52.5 Å². The predicted octanol–water partition coefficient (Wildman–Crippen LogP) is 4.45. The first kappa shape index (κ1) is 20.3. The number of aromatic nitrogens is 1. The van der Waals surface area contributed by atoms with Crippen LogP contribution >= 0.6 is 11.3 Å². The fourth-order valence-electron chi connectivity index (χ4n) is 3.30. The number of nitrogens with zero attached hydrogens (tertiary/aromatic N) is 2. The van der Waals surface area contributed by atoms with Crippen LogP contribution in [-0.2, 0) is 11.2 Å². The van der Waals surface area contributed by atoms with Gasteiger partial charge in [-0.2, -0.15) is 0 Å². The van der Waals surface area contributed by atoms with Gasteiger partial charge in [-0.1, -0.05) is 38.1 Å². The first-order chi connectivity index (χ1) is 13.6. The molecule has 6 heteroatoms. The molecule has 0 spiro atoms. The molecule has 3 aromatic rings. The lowest BCUT2D eigenvalue weighted by Gasteiger charge is -2.28. The van der Waals surface area contributed by atoms with Crippen molar-refractivity contribution in [1.82, 2.24) is 15.2 Å². The molecule has 3 rings (SSSR count). The van der Waals surface area contributed by atoms with Crippen LogP contribution in [0.1, 0.15) is 36.2 Å². The van der Waals surface area contributed by atoms with Crippen molar-refractivity contribution in [3.05, 3.63) is 64.4 Å². The largest absolute Gasteiger partial charge is 0.468 e. The van der Waals surface area contributed by atoms with Gasteiger partial charge in [-0.3, -0.25) is 9.69 Å². The minimum Gasteiger partial charge on any atom is -0.468 e. The van der Waals surface area contributed by atoms with Gasteiger partial charge >= 0.3 is 0 Å². The van der Waals surface area contributed by atoms with Crippen molar-refractivity contribution in [2.75, 3.05) is 19.6 Å². The van der Waals surface area contributed by atoms with E-state index in [1.165, 1.54) is 0 Å². The Labute approximate surface area is 170 Å². The highest BCUT2D eigenvalue weighted by Gasteiger charge is 2.21. The van der Waals surface area contributed by atoms with E-state index in [0.717, 1.165) is 40.7 Å².